The van der Waals surface area contributed by atoms with Gasteiger partial charge in [0.15, 0.2) is 0 Å². The number of nitrogens with zero attached hydrogens (tertiary/aromatic N) is 1. The second-order valence-corrected chi connectivity index (χ2v) is 5.26. The lowest BCUT2D eigenvalue weighted by Gasteiger charge is -2.07. The predicted molar refractivity (Wildman–Crippen MR) is 84.7 cm³/mol. The number of carbonyl (C=O) groups is 1. The van der Waals surface area contributed by atoms with Crippen molar-refractivity contribution in [2.45, 2.75) is 6.61 Å². The van der Waals surface area contributed by atoms with E-state index in [1.165, 1.54) is 6.07 Å². The molecule has 0 aliphatic rings. The van der Waals surface area contributed by atoms with Crippen molar-refractivity contribution in [2.24, 2.45) is 0 Å². The van der Waals surface area contributed by atoms with E-state index in [1.54, 1.807) is 12.1 Å². The van der Waals surface area contributed by atoms with Crippen LogP contribution in [0.3, 0.4) is 0 Å². The Balaban J connectivity index is 1.68. The van der Waals surface area contributed by atoms with Crippen LogP contribution in [-0.2, 0) is 6.61 Å². The molecule has 0 bridgehead atoms. The average molecular weight is 330 g/mol. The molecule has 6 heteroatoms. The lowest BCUT2D eigenvalue weighted by atomic mass is 10.1. The molecule has 1 heterocycles. The standard InChI is InChI=1S/C17H12ClNO4/c18-13-2-1-3-14(8-13)22-10-11-4-6-12(7-5-11)15-9-16(17(20)21)23-19-15/h1-9H,10H2,(H,20,21). The average Bonchev–Trinajstić information content (AvgIpc) is 3.04. The van der Waals surface area contributed by atoms with Crippen molar-refractivity contribution >= 4 is 17.6 Å². The van der Waals surface area contributed by atoms with Gasteiger partial charge < -0.3 is 14.4 Å². The summed E-state index contributed by atoms with van der Waals surface area (Å²) in [6.07, 6.45) is 0. The van der Waals surface area contributed by atoms with Gasteiger partial charge in [0.2, 0.25) is 5.76 Å². The van der Waals surface area contributed by atoms with Crippen LogP contribution in [0.15, 0.2) is 59.1 Å². The molecular weight excluding hydrogens is 318 g/mol. The normalized spacial score (nSPS) is 10.5. The van der Waals surface area contributed by atoms with Crippen molar-refractivity contribution in [1.82, 2.24) is 5.16 Å². The van der Waals surface area contributed by atoms with E-state index < -0.39 is 5.97 Å². The highest BCUT2D eigenvalue weighted by Crippen LogP contribution is 2.21. The van der Waals surface area contributed by atoms with Crippen molar-refractivity contribution in [3.8, 4) is 17.0 Å². The van der Waals surface area contributed by atoms with Gasteiger partial charge in [-0.15, -0.1) is 0 Å². The van der Waals surface area contributed by atoms with Gasteiger partial charge in [-0.25, -0.2) is 4.79 Å². The van der Waals surface area contributed by atoms with Crippen molar-refractivity contribution in [3.63, 3.8) is 0 Å². The van der Waals surface area contributed by atoms with E-state index in [9.17, 15) is 4.79 Å². The first-order chi connectivity index (χ1) is 11.1. The third-order valence-electron chi connectivity index (χ3n) is 3.17. The number of carboxylic acids is 1. The maximum atomic E-state index is 10.8. The number of aromatic nitrogens is 1. The predicted octanol–water partition coefficient (Wildman–Crippen LogP) is 4.27. The molecule has 0 saturated heterocycles. The molecule has 3 aromatic rings. The fraction of sp³-hybridized carbons (Fsp3) is 0.0588. The Morgan fingerprint density at radius 3 is 2.61 bits per heavy atom. The van der Waals surface area contributed by atoms with Crippen LogP contribution >= 0.6 is 11.6 Å². The van der Waals surface area contributed by atoms with Crippen LogP contribution in [0.25, 0.3) is 11.3 Å². The largest absolute Gasteiger partial charge is 0.489 e. The first-order valence-electron chi connectivity index (χ1n) is 6.79. The van der Waals surface area contributed by atoms with Gasteiger partial charge in [-0.1, -0.05) is 47.1 Å². The van der Waals surface area contributed by atoms with Crippen LogP contribution in [0.4, 0.5) is 0 Å². The molecule has 0 spiro atoms. The molecule has 0 atom stereocenters. The summed E-state index contributed by atoms with van der Waals surface area (Å²) in [5, 5.41) is 13.2. The molecule has 0 aliphatic heterocycles. The van der Waals surface area contributed by atoms with Gasteiger partial charge in [-0.05, 0) is 23.8 Å². The zero-order valence-electron chi connectivity index (χ0n) is 11.9. The van der Waals surface area contributed by atoms with E-state index in [0.29, 0.717) is 23.1 Å². The Bertz CT molecular complexity index is 827. The van der Waals surface area contributed by atoms with E-state index in [2.05, 4.69) is 5.16 Å². The summed E-state index contributed by atoms with van der Waals surface area (Å²) in [6, 6.07) is 16.0. The van der Waals surface area contributed by atoms with Gasteiger partial charge in [0.25, 0.3) is 0 Å². The molecule has 0 saturated carbocycles. The Labute approximate surface area is 137 Å². The molecule has 0 fully saturated rings. The maximum Gasteiger partial charge on any atom is 0.374 e. The topological polar surface area (TPSA) is 72.6 Å². The number of halogens is 1. The highest BCUT2D eigenvalue weighted by molar-refractivity contribution is 6.30. The van der Waals surface area contributed by atoms with Crippen LogP contribution in [0.5, 0.6) is 5.75 Å². The molecule has 0 radical (unpaired) electrons. The Hall–Kier alpha value is -2.79. The number of benzene rings is 2. The van der Waals surface area contributed by atoms with Crippen molar-refractivity contribution in [3.05, 3.63) is 70.9 Å². The lowest BCUT2D eigenvalue weighted by Crippen LogP contribution is -1.95. The molecule has 0 amide bonds. The van der Waals surface area contributed by atoms with E-state index in [-0.39, 0.29) is 5.76 Å². The van der Waals surface area contributed by atoms with E-state index >= 15 is 0 Å². The number of hydrogen-bond donors (Lipinski definition) is 1. The third kappa shape index (κ3) is 3.70. The zero-order chi connectivity index (χ0) is 16.2. The number of hydrogen-bond acceptors (Lipinski definition) is 4. The molecule has 0 unspecified atom stereocenters. The second kappa shape index (κ2) is 6.54. The monoisotopic (exact) mass is 329 g/mol. The summed E-state index contributed by atoms with van der Waals surface area (Å²) in [5.74, 6) is -0.632. The maximum absolute atomic E-state index is 10.8. The summed E-state index contributed by atoms with van der Waals surface area (Å²) in [4.78, 5) is 10.8. The van der Waals surface area contributed by atoms with Crippen LogP contribution < -0.4 is 4.74 Å². The molecule has 5 nitrogen and oxygen atoms in total. The summed E-state index contributed by atoms with van der Waals surface area (Å²) in [6.45, 7) is 0.403. The Morgan fingerprint density at radius 2 is 1.96 bits per heavy atom. The van der Waals surface area contributed by atoms with Gasteiger partial charge >= 0.3 is 5.97 Å². The zero-order valence-corrected chi connectivity index (χ0v) is 12.7. The summed E-state index contributed by atoms with van der Waals surface area (Å²) >= 11 is 5.90. The molecule has 23 heavy (non-hydrogen) atoms. The molecule has 1 aromatic heterocycles. The van der Waals surface area contributed by atoms with Crippen LogP contribution in [0.2, 0.25) is 5.02 Å². The third-order valence-corrected chi connectivity index (χ3v) is 3.41. The van der Waals surface area contributed by atoms with Crippen molar-refractivity contribution < 1.29 is 19.2 Å². The van der Waals surface area contributed by atoms with Crippen molar-refractivity contribution in [2.75, 3.05) is 0 Å². The lowest BCUT2D eigenvalue weighted by molar-refractivity contribution is 0.0652. The van der Waals surface area contributed by atoms with Crippen LogP contribution in [0, 0.1) is 0 Å². The number of ether oxygens (including phenoxy) is 1. The fourth-order valence-electron chi connectivity index (χ4n) is 2.01. The molecule has 0 aliphatic carbocycles. The van der Waals surface area contributed by atoms with Gasteiger partial charge in [-0.3, -0.25) is 0 Å². The quantitative estimate of drug-likeness (QED) is 0.756. The molecular formula is C17H12ClNO4. The SMILES string of the molecule is O=C(O)c1cc(-c2ccc(COc3cccc(Cl)c3)cc2)no1. The summed E-state index contributed by atoms with van der Waals surface area (Å²) in [7, 11) is 0. The highest BCUT2D eigenvalue weighted by Gasteiger charge is 2.12. The minimum atomic E-state index is -1.14. The minimum absolute atomic E-state index is 0.187. The molecule has 3 rings (SSSR count). The molecule has 116 valence electrons. The Kier molecular flexibility index (Phi) is 4.30. The van der Waals surface area contributed by atoms with Crippen LogP contribution in [-0.4, -0.2) is 16.2 Å². The molecule has 1 N–H and O–H groups in total. The van der Waals surface area contributed by atoms with Gasteiger partial charge in [0.1, 0.15) is 18.1 Å². The van der Waals surface area contributed by atoms with E-state index in [0.717, 1.165) is 11.1 Å². The number of rotatable bonds is 5. The minimum Gasteiger partial charge on any atom is -0.489 e. The summed E-state index contributed by atoms with van der Waals surface area (Å²) in [5.41, 5.74) is 2.22. The summed E-state index contributed by atoms with van der Waals surface area (Å²) < 4.78 is 10.4. The fourth-order valence-corrected chi connectivity index (χ4v) is 2.19. The number of aromatic carboxylic acids is 1. The Morgan fingerprint density at radius 1 is 1.17 bits per heavy atom. The van der Waals surface area contributed by atoms with Gasteiger partial charge in [0.05, 0.1) is 0 Å². The van der Waals surface area contributed by atoms with Crippen LogP contribution in [0.1, 0.15) is 16.1 Å². The van der Waals surface area contributed by atoms with Crippen molar-refractivity contribution in [1.29, 1.82) is 0 Å². The van der Waals surface area contributed by atoms with E-state index in [4.69, 9.17) is 26.0 Å². The number of carboxylic acid groups (broad SMARTS) is 1. The van der Waals surface area contributed by atoms with Gasteiger partial charge in [-0.2, -0.15) is 0 Å². The smallest absolute Gasteiger partial charge is 0.374 e. The van der Waals surface area contributed by atoms with Gasteiger partial charge in [0, 0.05) is 16.7 Å². The van der Waals surface area contributed by atoms with E-state index in [1.807, 2.05) is 36.4 Å². The highest BCUT2D eigenvalue weighted by atomic mass is 35.5. The molecule has 2 aromatic carbocycles. The first kappa shape index (κ1) is 15.1. The first-order valence-corrected chi connectivity index (χ1v) is 7.17. The second-order valence-electron chi connectivity index (χ2n) is 4.82.